The molecule has 0 aliphatic rings. The summed E-state index contributed by atoms with van der Waals surface area (Å²) in [6.07, 6.45) is 1.44. The zero-order valence-electron chi connectivity index (χ0n) is 19.2. The van der Waals surface area contributed by atoms with Crippen molar-refractivity contribution >= 4 is 23.4 Å². The lowest BCUT2D eigenvalue weighted by molar-refractivity contribution is -0.384. The zero-order valence-corrected chi connectivity index (χ0v) is 19.2. The molecule has 9 nitrogen and oxygen atoms in total. The third-order valence-corrected chi connectivity index (χ3v) is 4.78. The van der Waals surface area contributed by atoms with Crippen molar-refractivity contribution in [2.24, 2.45) is 0 Å². The molecule has 0 atom stereocenters. The monoisotopic (exact) mass is 473 g/mol. The molecule has 3 rings (SSSR count). The van der Waals surface area contributed by atoms with Crippen molar-refractivity contribution in [3.63, 3.8) is 0 Å². The summed E-state index contributed by atoms with van der Waals surface area (Å²) in [5.41, 5.74) is 1.57. The number of carbonyl (C=O) groups is 1. The van der Waals surface area contributed by atoms with Crippen LogP contribution in [0.4, 0.5) is 11.4 Å². The quantitative estimate of drug-likeness (QED) is 0.187. The second-order valence-corrected chi connectivity index (χ2v) is 7.21. The van der Waals surface area contributed by atoms with E-state index in [0.29, 0.717) is 40.7 Å². The van der Waals surface area contributed by atoms with E-state index in [1.807, 2.05) is 13.0 Å². The Balaban J connectivity index is 1.74. The third kappa shape index (κ3) is 6.82. The zero-order chi connectivity index (χ0) is 25.2. The predicted octanol–water partition coefficient (Wildman–Crippen LogP) is 5.13. The number of benzene rings is 3. The van der Waals surface area contributed by atoms with Crippen molar-refractivity contribution in [3.8, 4) is 23.3 Å². The highest BCUT2D eigenvalue weighted by Gasteiger charge is 2.12. The van der Waals surface area contributed by atoms with Crippen LogP contribution in [0.1, 0.15) is 18.1 Å². The molecule has 0 aliphatic heterocycles. The van der Waals surface area contributed by atoms with Gasteiger partial charge in [-0.05, 0) is 48.4 Å². The maximum Gasteiger partial charge on any atom is 0.269 e. The summed E-state index contributed by atoms with van der Waals surface area (Å²) in [6.45, 7) is 2.45. The van der Waals surface area contributed by atoms with Crippen molar-refractivity contribution in [2.45, 2.75) is 13.5 Å². The van der Waals surface area contributed by atoms with E-state index in [0.717, 1.165) is 0 Å². The number of nitro groups is 1. The maximum atomic E-state index is 12.6. The largest absolute Gasteiger partial charge is 0.494 e. The Morgan fingerprint density at radius 2 is 1.89 bits per heavy atom. The fourth-order valence-corrected chi connectivity index (χ4v) is 3.16. The number of carbonyl (C=O) groups excluding carboxylic acids is 1. The number of non-ortho nitro benzene ring substituents is 1. The van der Waals surface area contributed by atoms with Gasteiger partial charge in [-0.15, -0.1) is 0 Å². The lowest BCUT2D eigenvalue weighted by atomic mass is 10.1. The Kier molecular flexibility index (Phi) is 8.40. The van der Waals surface area contributed by atoms with E-state index >= 15 is 0 Å². The molecule has 0 bridgehead atoms. The van der Waals surface area contributed by atoms with Gasteiger partial charge in [0.25, 0.3) is 11.6 Å². The number of nitriles is 1. The summed E-state index contributed by atoms with van der Waals surface area (Å²) >= 11 is 0. The molecule has 0 spiro atoms. The molecule has 35 heavy (non-hydrogen) atoms. The van der Waals surface area contributed by atoms with Crippen LogP contribution in [0.3, 0.4) is 0 Å². The highest BCUT2D eigenvalue weighted by Crippen LogP contribution is 2.30. The van der Waals surface area contributed by atoms with Gasteiger partial charge in [0.2, 0.25) is 0 Å². The highest BCUT2D eigenvalue weighted by molar-refractivity contribution is 6.09. The minimum atomic E-state index is -0.564. The van der Waals surface area contributed by atoms with Gasteiger partial charge in [-0.3, -0.25) is 14.9 Å². The first-order valence-corrected chi connectivity index (χ1v) is 10.6. The van der Waals surface area contributed by atoms with Crippen LogP contribution in [0.25, 0.3) is 6.08 Å². The Hall–Kier alpha value is -4.84. The average Bonchev–Trinajstić information content (AvgIpc) is 2.86. The third-order valence-electron chi connectivity index (χ3n) is 4.78. The van der Waals surface area contributed by atoms with Gasteiger partial charge < -0.3 is 19.5 Å². The first-order valence-electron chi connectivity index (χ1n) is 10.6. The normalized spacial score (nSPS) is 10.7. The molecule has 3 aromatic rings. The molecule has 0 saturated carbocycles. The van der Waals surface area contributed by atoms with Crippen molar-refractivity contribution in [3.05, 3.63) is 93.5 Å². The minimum absolute atomic E-state index is 0.0227. The van der Waals surface area contributed by atoms with Gasteiger partial charge >= 0.3 is 0 Å². The standard InChI is InChI=1S/C26H23N3O6/c1-3-34-23-9-5-7-21(15-23)28-26(30)20(16-27)12-18-10-11-24(25(14-18)33-2)35-17-19-6-4-8-22(13-19)29(31)32/h4-15H,3,17H2,1-2H3,(H,28,30)/b20-12-. The van der Waals surface area contributed by atoms with Gasteiger partial charge in [-0.25, -0.2) is 0 Å². The lowest BCUT2D eigenvalue weighted by Crippen LogP contribution is -2.13. The first-order chi connectivity index (χ1) is 16.9. The molecule has 1 amide bonds. The number of amides is 1. The fraction of sp³-hybridized carbons (Fsp3) is 0.154. The van der Waals surface area contributed by atoms with E-state index in [-0.39, 0.29) is 17.9 Å². The van der Waals surface area contributed by atoms with Crippen LogP contribution in [0.5, 0.6) is 17.2 Å². The van der Waals surface area contributed by atoms with E-state index in [1.54, 1.807) is 54.6 Å². The minimum Gasteiger partial charge on any atom is -0.494 e. The number of hydrogen-bond acceptors (Lipinski definition) is 7. The molecule has 3 aromatic carbocycles. The number of anilines is 1. The predicted molar refractivity (Wildman–Crippen MR) is 130 cm³/mol. The van der Waals surface area contributed by atoms with Crippen LogP contribution in [0, 0.1) is 21.4 Å². The first kappa shape index (κ1) is 24.8. The Morgan fingerprint density at radius 3 is 2.60 bits per heavy atom. The number of rotatable bonds is 10. The molecule has 0 aliphatic carbocycles. The number of nitrogens with zero attached hydrogens (tertiary/aromatic N) is 2. The SMILES string of the molecule is CCOc1cccc(NC(=O)/C(C#N)=C\c2ccc(OCc3cccc([N+](=O)[O-])c3)c(OC)c2)c1. The van der Waals surface area contributed by atoms with Crippen molar-refractivity contribution in [2.75, 3.05) is 19.0 Å². The van der Waals surface area contributed by atoms with Crippen LogP contribution in [0.15, 0.2) is 72.3 Å². The molecule has 9 heteroatoms. The number of nitro benzene ring substituents is 1. The Labute approximate surface area is 202 Å². The molecular formula is C26H23N3O6. The number of hydrogen-bond donors (Lipinski definition) is 1. The summed E-state index contributed by atoms with van der Waals surface area (Å²) < 4.78 is 16.6. The molecule has 0 aromatic heterocycles. The maximum absolute atomic E-state index is 12.6. The highest BCUT2D eigenvalue weighted by atomic mass is 16.6. The van der Waals surface area contributed by atoms with Crippen LogP contribution in [-0.4, -0.2) is 24.5 Å². The number of methoxy groups -OCH3 is 1. The summed E-state index contributed by atoms with van der Waals surface area (Å²) in [7, 11) is 1.46. The molecule has 0 fully saturated rings. The van der Waals surface area contributed by atoms with Gasteiger partial charge in [0.15, 0.2) is 11.5 Å². The summed E-state index contributed by atoms with van der Waals surface area (Å²) in [5, 5.41) is 23.2. The lowest BCUT2D eigenvalue weighted by Gasteiger charge is -2.12. The summed E-state index contributed by atoms with van der Waals surface area (Å²) in [5.74, 6) is 0.836. The fourth-order valence-electron chi connectivity index (χ4n) is 3.16. The van der Waals surface area contributed by atoms with E-state index in [1.165, 1.54) is 25.3 Å². The second-order valence-electron chi connectivity index (χ2n) is 7.21. The van der Waals surface area contributed by atoms with Gasteiger partial charge in [-0.2, -0.15) is 5.26 Å². The van der Waals surface area contributed by atoms with Crippen LogP contribution in [-0.2, 0) is 11.4 Å². The molecule has 0 unspecified atom stereocenters. The van der Waals surface area contributed by atoms with E-state index in [9.17, 15) is 20.2 Å². The van der Waals surface area contributed by atoms with Crippen molar-refractivity contribution < 1.29 is 23.9 Å². The summed E-state index contributed by atoms with van der Waals surface area (Å²) in [4.78, 5) is 23.1. The topological polar surface area (TPSA) is 124 Å². The van der Waals surface area contributed by atoms with Gasteiger partial charge in [0.1, 0.15) is 24.0 Å². The van der Waals surface area contributed by atoms with Crippen LogP contribution < -0.4 is 19.5 Å². The summed E-state index contributed by atoms with van der Waals surface area (Å²) in [6, 6.07) is 19.9. The Bertz CT molecular complexity index is 1300. The molecule has 0 heterocycles. The average molecular weight is 473 g/mol. The van der Waals surface area contributed by atoms with Crippen molar-refractivity contribution in [1.29, 1.82) is 5.26 Å². The molecule has 0 saturated heterocycles. The van der Waals surface area contributed by atoms with Crippen molar-refractivity contribution in [1.82, 2.24) is 0 Å². The number of nitrogens with one attached hydrogen (secondary N) is 1. The molecular weight excluding hydrogens is 450 g/mol. The molecule has 0 radical (unpaired) electrons. The van der Waals surface area contributed by atoms with Crippen LogP contribution in [0.2, 0.25) is 0 Å². The smallest absolute Gasteiger partial charge is 0.269 e. The molecule has 178 valence electrons. The Morgan fingerprint density at radius 1 is 1.09 bits per heavy atom. The van der Waals surface area contributed by atoms with Gasteiger partial charge in [-0.1, -0.05) is 24.3 Å². The van der Waals surface area contributed by atoms with Crippen LogP contribution >= 0.6 is 0 Å². The van der Waals surface area contributed by atoms with Gasteiger partial charge in [0.05, 0.1) is 18.6 Å². The van der Waals surface area contributed by atoms with Gasteiger partial charge in [0, 0.05) is 23.9 Å². The van der Waals surface area contributed by atoms with E-state index in [2.05, 4.69) is 5.32 Å². The van der Waals surface area contributed by atoms with E-state index in [4.69, 9.17) is 14.2 Å². The van der Waals surface area contributed by atoms with E-state index < -0.39 is 10.8 Å². The number of ether oxygens (including phenoxy) is 3. The second kappa shape index (κ2) is 11.9. The molecule has 1 N–H and O–H groups in total.